The summed E-state index contributed by atoms with van der Waals surface area (Å²) in [6.07, 6.45) is 2.32. The number of ether oxygens (including phenoxy) is 1. The molecule has 14 heavy (non-hydrogen) atoms. The fourth-order valence-electron chi connectivity index (χ4n) is 1.45. The predicted octanol–water partition coefficient (Wildman–Crippen LogP) is 2.51. The number of rotatable bonds is 5. The SMILES string of the molecule is CCCCOc1cccc([C@H]2CN2)c1. The second-order valence-corrected chi connectivity index (χ2v) is 3.74. The zero-order chi connectivity index (χ0) is 9.80. The molecule has 0 amide bonds. The number of nitrogens with one attached hydrogen (secondary N) is 1. The van der Waals surface area contributed by atoms with Crippen molar-refractivity contribution in [3.05, 3.63) is 29.8 Å². The van der Waals surface area contributed by atoms with Crippen LogP contribution < -0.4 is 10.1 Å². The average Bonchev–Trinajstić information content (AvgIpc) is 3.02. The normalized spacial score (nSPS) is 19.4. The highest BCUT2D eigenvalue weighted by Crippen LogP contribution is 2.24. The van der Waals surface area contributed by atoms with E-state index in [9.17, 15) is 0 Å². The Balaban J connectivity index is 1.92. The van der Waals surface area contributed by atoms with E-state index < -0.39 is 0 Å². The topological polar surface area (TPSA) is 31.2 Å². The summed E-state index contributed by atoms with van der Waals surface area (Å²) >= 11 is 0. The highest BCUT2D eigenvalue weighted by molar-refractivity contribution is 5.32. The first-order valence-corrected chi connectivity index (χ1v) is 5.36. The zero-order valence-electron chi connectivity index (χ0n) is 8.62. The fourth-order valence-corrected chi connectivity index (χ4v) is 1.45. The van der Waals surface area contributed by atoms with Crippen LogP contribution in [0.3, 0.4) is 0 Å². The smallest absolute Gasteiger partial charge is 0.119 e. The van der Waals surface area contributed by atoms with Gasteiger partial charge in [0.1, 0.15) is 5.75 Å². The van der Waals surface area contributed by atoms with E-state index in [1.807, 2.05) is 6.07 Å². The van der Waals surface area contributed by atoms with Gasteiger partial charge in [-0.05, 0) is 24.1 Å². The van der Waals surface area contributed by atoms with E-state index in [-0.39, 0.29) is 0 Å². The Kier molecular flexibility index (Phi) is 3.04. The lowest BCUT2D eigenvalue weighted by Gasteiger charge is -2.06. The molecule has 2 rings (SSSR count). The van der Waals surface area contributed by atoms with E-state index in [0.717, 1.165) is 25.3 Å². The largest absolute Gasteiger partial charge is 0.494 e. The molecule has 0 bridgehead atoms. The van der Waals surface area contributed by atoms with Gasteiger partial charge in [0, 0.05) is 12.6 Å². The van der Waals surface area contributed by atoms with Crippen molar-refractivity contribution >= 4 is 0 Å². The molecule has 76 valence electrons. The van der Waals surface area contributed by atoms with Gasteiger partial charge in [0.15, 0.2) is 0 Å². The lowest BCUT2D eigenvalue weighted by Crippen LogP contribution is -1.97. The molecule has 1 aromatic rings. The average molecular weight is 191 g/mol. The molecule has 1 N–H and O–H groups in total. The van der Waals surface area contributed by atoms with Gasteiger partial charge in [-0.2, -0.15) is 0 Å². The van der Waals surface area contributed by atoms with Crippen LogP contribution in [0.4, 0.5) is 0 Å². The molecule has 1 aliphatic heterocycles. The van der Waals surface area contributed by atoms with Crippen LogP contribution in [0, 0.1) is 0 Å². The lowest BCUT2D eigenvalue weighted by atomic mass is 10.1. The Labute approximate surface area is 85.3 Å². The van der Waals surface area contributed by atoms with Crippen LogP contribution in [0.15, 0.2) is 24.3 Å². The maximum Gasteiger partial charge on any atom is 0.119 e. The van der Waals surface area contributed by atoms with Gasteiger partial charge in [0.2, 0.25) is 0 Å². The third-order valence-electron chi connectivity index (χ3n) is 2.44. The highest BCUT2D eigenvalue weighted by atomic mass is 16.5. The van der Waals surface area contributed by atoms with Crippen molar-refractivity contribution in [3.8, 4) is 5.75 Å². The van der Waals surface area contributed by atoms with Crippen molar-refractivity contribution in [2.45, 2.75) is 25.8 Å². The second kappa shape index (κ2) is 4.47. The molecule has 0 aliphatic carbocycles. The van der Waals surface area contributed by atoms with Crippen molar-refractivity contribution < 1.29 is 4.74 Å². The maximum atomic E-state index is 5.64. The molecule has 2 nitrogen and oxygen atoms in total. The molecule has 1 saturated heterocycles. The van der Waals surface area contributed by atoms with E-state index in [1.54, 1.807) is 0 Å². The van der Waals surface area contributed by atoms with Crippen molar-refractivity contribution in [2.24, 2.45) is 0 Å². The van der Waals surface area contributed by atoms with Gasteiger partial charge in [-0.15, -0.1) is 0 Å². The molecule has 1 aromatic carbocycles. The molecular formula is C12H17NO. The molecule has 2 heteroatoms. The van der Waals surface area contributed by atoms with Gasteiger partial charge in [-0.25, -0.2) is 0 Å². The van der Waals surface area contributed by atoms with Gasteiger partial charge in [0.25, 0.3) is 0 Å². The van der Waals surface area contributed by atoms with Crippen LogP contribution in [0.2, 0.25) is 0 Å². The van der Waals surface area contributed by atoms with Crippen molar-refractivity contribution in [2.75, 3.05) is 13.2 Å². The first kappa shape index (κ1) is 9.53. The molecule has 1 atom stereocenters. The van der Waals surface area contributed by atoms with Crippen LogP contribution >= 0.6 is 0 Å². The van der Waals surface area contributed by atoms with E-state index >= 15 is 0 Å². The zero-order valence-corrected chi connectivity index (χ0v) is 8.62. The summed E-state index contributed by atoms with van der Waals surface area (Å²) in [6, 6.07) is 8.96. The lowest BCUT2D eigenvalue weighted by molar-refractivity contribution is 0.309. The minimum atomic E-state index is 0.574. The standard InChI is InChI=1S/C12H17NO/c1-2-3-7-14-11-6-4-5-10(8-11)12-9-13-12/h4-6,8,12-13H,2-3,7,9H2,1H3/t12-/m1/s1. The number of hydrogen-bond donors (Lipinski definition) is 1. The summed E-state index contributed by atoms with van der Waals surface area (Å²) in [7, 11) is 0. The summed E-state index contributed by atoms with van der Waals surface area (Å²) in [5, 5.41) is 3.29. The molecule has 1 aliphatic rings. The molecule has 0 aromatic heterocycles. The van der Waals surface area contributed by atoms with Crippen molar-refractivity contribution in [1.82, 2.24) is 5.32 Å². The first-order valence-electron chi connectivity index (χ1n) is 5.36. The number of hydrogen-bond acceptors (Lipinski definition) is 2. The molecular weight excluding hydrogens is 174 g/mol. The van der Waals surface area contributed by atoms with Gasteiger partial charge >= 0.3 is 0 Å². The van der Waals surface area contributed by atoms with E-state index in [1.165, 1.54) is 12.0 Å². The monoisotopic (exact) mass is 191 g/mol. The third-order valence-corrected chi connectivity index (χ3v) is 2.44. The number of unbranched alkanes of at least 4 members (excludes halogenated alkanes) is 1. The molecule has 0 radical (unpaired) electrons. The van der Waals surface area contributed by atoms with Gasteiger partial charge < -0.3 is 10.1 Å². The second-order valence-electron chi connectivity index (χ2n) is 3.74. The van der Waals surface area contributed by atoms with Crippen LogP contribution in [-0.2, 0) is 0 Å². The molecule has 1 fully saturated rings. The van der Waals surface area contributed by atoms with Crippen LogP contribution in [-0.4, -0.2) is 13.2 Å². The minimum Gasteiger partial charge on any atom is -0.494 e. The highest BCUT2D eigenvalue weighted by Gasteiger charge is 2.22. The summed E-state index contributed by atoms with van der Waals surface area (Å²) < 4.78 is 5.64. The van der Waals surface area contributed by atoms with E-state index in [0.29, 0.717) is 6.04 Å². The van der Waals surface area contributed by atoms with Gasteiger partial charge in [-0.1, -0.05) is 25.5 Å². The summed E-state index contributed by atoms with van der Waals surface area (Å²) in [5.41, 5.74) is 1.35. The molecule has 0 saturated carbocycles. The Morgan fingerprint density at radius 2 is 2.36 bits per heavy atom. The number of benzene rings is 1. The third kappa shape index (κ3) is 2.48. The quantitative estimate of drug-likeness (QED) is 0.572. The van der Waals surface area contributed by atoms with Crippen molar-refractivity contribution in [1.29, 1.82) is 0 Å². The van der Waals surface area contributed by atoms with Crippen molar-refractivity contribution in [3.63, 3.8) is 0 Å². The predicted molar refractivity (Wildman–Crippen MR) is 57.6 cm³/mol. The summed E-state index contributed by atoms with van der Waals surface area (Å²) in [5.74, 6) is 1.00. The summed E-state index contributed by atoms with van der Waals surface area (Å²) in [4.78, 5) is 0. The van der Waals surface area contributed by atoms with Crippen LogP contribution in [0.5, 0.6) is 5.75 Å². The van der Waals surface area contributed by atoms with E-state index in [4.69, 9.17) is 4.74 Å². The Morgan fingerprint density at radius 3 is 3.07 bits per heavy atom. The molecule has 0 unspecified atom stereocenters. The van der Waals surface area contributed by atoms with Gasteiger partial charge in [0.05, 0.1) is 6.61 Å². The Bertz CT molecular complexity index is 294. The summed E-state index contributed by atoms with van der Waals surface area (Å²) in [6.45, 7) is 4.12. The van der Waals surface area contributed by atoms with Crippen LogP contribution in [0.1, 0.15) is 31.4 Å². The Morgan fingerprint density at radius 1 is 1.50 bits per heavy atom. The minimum absolute atomic E-state index is 0.574. The Hall–Kier alpha value is -1.02. The fraction of sp³-hybridized carbons (Fsp3) is 0.500. The van der Waals surface area contributed by atoms with E-state index in [2.05, 4.69) is 30.4 Å². The van der Waals surface area contributed by atoms with Gasteiger partial charge in [-0.3, -0.25) is 0 Å². The molecule has 0 spiro atoms. The first-order chi connectivity index (χ1) is 6.90. The maximum absolute atomic E-state index is 5.64. The molecule has 1 heterocycles. The van der Waals surface area contributed by atoms with Crippen LogP contribution in [0.25, 0.3) is 0 Å².